The molecule has 0 radical (unpaired) electrons. The summed E-state index contributed by atoms with van der Waals surface area (Å²) >= 11 is 0. The highest BCUT2D eigenvalue weighted by molar-refractivity contribution is 5.92. The number of aromatic nitrogens is 2. The zero-order valence-electron chi connectivity index (χ0n) is 11.4. The Morgan fingerprint density at radius 3 is 2.65 bits per heavy atom. The summed E-state index contributed by atoms with van der Waals surface area (Å²) in [7, 11) is 0. The predicted octanol–water partition coefficient (Wildman–Crippen LogP) is 2.52. The van der Waals surface area contributed by atoms with Gasteiger partial charge in [0.15, 0.2) is 0 Å². The Morgan fingerprint density at radius 1 is 1.30 bits per heavy atom. The van der Waals surface area contributed by atoms with Crippen molar-refractivity contribution in [3.8, 4) is 0 Å². The SMILES string of the molecule is Cc1nc2cc(C(=O)O)ccc2n1C1CCC(O)CC1. The molecule has 1 aromatic carbocycles. The second kappa shape index (κ2) is 4.90. The van der Waals surface area contributed by atoms with E-state index < -0.39 is 5.97 Å². The summed E-state index contributed by atoms with van der Waals surface area (Å²) in [5.41, 5.74) is 1.98. The first-order valence-corrected chi connectivity index (χ1v) is 6.96. The molecule has 0 bridgehead atoms. The minimum Gasteiger partial charge on any atom is -0.478 e. The molecule has 5 heteroatoms. The van der Waals surface area contributed by atoms with E-state index in [0.29, 0.717) is 6.04 Å². The Labute approximate surface area is 116 Å². The molecule has 3 rings (SSSR count). The second-order valence-electron chi connectivity index (χ2n) is 5.50. The first-order chi connectivity index (χ1) is 9.56. The van der Waals surface area contributed by atoms with E-state index in [1.54, 1.807) is 12.1 Å². The number of rotatable bonds is 2. The number of carbonyl (C=O) groups is 1. The third kappa shape index (κ3) is 2.18. The Balaban J connectivity index is 2.02. The van der Waals surface area contributed by atoms with Crippen LogP contribution in [0.25, 0.3) is 11.0 Å². The number of hydrogen-bond acceptors (Lipinski definition) is 3. The summed E-state index contributed by atoms with van der Waals surface area (Å²) in [5.74, 6) is -0.0242. The molecule has 0 amide bonds. The number of carboxylic acids is 1. The molecule has 1 saturated carbocycles. The van der Waals surface area contributed by atoms with E-state index in [0.717, 1.165) is 42.5 Å². The van der Waals surface area contributed by atoms with Gasteiger partial charge in [-0.3, -0.25) is 0 Å². The number of aliphatic hydroxyl groups excluding tert-OH is 1. The van der Waals surface area contributed by atoms with Crippen LogP contribution in [0.2, 0.25) is 0 Å². The number of imidazole rings is 1. The maximum atomic E-state index is 11.0. The standard InChI is InChI=1S/C15H18N2O3/c1-9-16-13-8-10(15(19)20)2-7-14(13)17(9)11-3-5-12(18)6-4-11/h2,7-8,11-12,18H,3-6H2,1H3,(H,19,20). The minimum absolute atomic E-state index is 0.181. The summed E-state index contributed by atoms with van der Waals surface area (Å²) in [6.45, 7) is 1.95. The van der Waals surface area contributed by atoms with Crippen LogP contribution in [-0.4, -0.2) is 31.8 Å². The van der Waals surface area contributed by atoms with E-state index in [9.17, 15) is 9.90 Å². The van der Waals surface area contributed by atoms with Crippen LogP contribution in [-0.2, 0) is 0 Å². The lowest BCUT2D eigenvalue weighted by Gasteiger charge is -2.27. The zero-order chi connectivity index (χ0) is 14.3. The van der Waals surface area contributed by atoms with Crippen molar-refractivity contribution in [3.05, 3.63) is 29.6 Å². The fourth-order valence-electron chi connectivity index (χ4n) is 3.13. The van der Waals surface area contributed by atoms with Crippen molar-refractivity contribution in [2.75, 3.05) is 0 Å². The van der Waals surface area contributed by atoms with Gasteiger partial charge in [-0.25, -0.2) is 9.78 Å². The van der Waals surface area contributed by atoms with Crippen molar-refractivity contribution in [2.24, 2.45) is 0 Å². The number of aliphatic hydroxyl groups is 1. The Kier molecular flexibility index (Phi) is 3.22. The average molecular weight is 274 g/mol. The second-order valence-corrected chi connectivity index (χ2v) is 5.50. The van der Waals surface area contributed by atoms with Crippen molar-refractivity contribution in [1.82, 2.24) is 9.55 Å². The van der Waals surface area contributed by atoms with Crippen molar-refractivity contribution in [1.29, 1.82) is 0 Å². The van der Waals surface area contributed by atoms with Crippen molar-refractivity contribution >= 4 is 17.0 Å². The number of fused-ring (bicyclic) bond motifs is 1. The average Bonchev–Trinajstić information content (AvgIpc) is 2.74. The first-order valence-electron chi connectivity index (χ1n) is 6.96. The van der Waals surface area contributed by atoms with Gasteiger partial charge in [-0.1, -0.05) is 0 Å². The molecular formula is C15H18N2O3. The molecule has 2 N–H and O–H groups in total. The van der Waals surface area contributed by atoms with Crippen molar-refractivity contribution < 1.29 is 15.0 Å². The Bertz CT molecular complexity index is 654. The van der Waals surface area contributed by atoms with E-state index >= 15 is 0 Å². The minimum atomic E-state index is -0.931. The van der Waals surface area contributed by atoms with Crippen molar-refractivity contribution in [3.63, 3.8) is 0 Å². The lowest BCUT2D eigenvalue weighted by atomic mass is 9.92. The summed E-state index contributed by atoms with van der Waals surface area (Å²) in [4.78, 5) is 15.5. The molecule has 2 aromatic rings. The molecule has 1 aromatic heterocycles. The number of carboxylic acid groups (broad SMARTS) is 1. The van der Waals surface area contributed by atoms with Gasteiger partial charge < -0.3 is 14.8 Å². The van der Waals surface area contributed by atoms with Gasteiger partial charge >= 0.3 is 5.97 Å². The van der Waals surface area contributed by atoms with Crippen molar-refractivity contribution in [2.45, 2.75) is 44.8 Å². The summed E-state index contributed by atoms with van der Waals surface area (Å²) in [5, 5.41) is 18.7. The molecule has 0 saturated heterocycles. The number of aromatic carboxylic acids is 1. The molecule has 0 unspecified atom stereocenters. The first kappa shape index (κ1) is 13.1. The van der Waals surface area contributed by atoms with Gasteiger partial charge in [0.1, 0.15) is 5.82 Å². The van der Waals surface area contributed by atoms with Gasteiger partial charge in [0.05, 0.1) is 22.7 Å². The maximum Gasteiger partial charge on any atom is 0.335 e. The van der Waals surface area contributed by atoms with Crippen LogP contribution in [0.5, 0.6) is 0 Å². The largest absolute Gasteiger partial charge is 0.478 e. The fraction of sp³-hybridized carbons (Fsp3) is 0.467. The van der Waals surface area contributed by atoms with E-state index in [-0.39, 0.29) is 11.7 Å². The quantitative estimate of drug-likeness (QED) is 0.882. The van der Waals surface area contributed by atoms with Crippen LogP contribution in [0.15, 0.2) is 18.2 Å². The van der Waals surface area contributed by atoms with Crippen LogP contribution in [0.1, 0.15) is 47.9 Å². The van der Waals surface area contributed by atoms with Crippen LogP contribution >= 0.6 is 0 Å². The highest BCUT2D eigenvalue weighted by Gasteiger charge is 2.23. The van der Waals surface area contributed by atoms with E-state index in [1.165, 1.54) is 0 Å². The maximum absolute atomic E-state index is 11.0. The Morgan fingerprint density at radius 2 is 2.00 bits per heavy atom. The zero-order valence-corrected chi connectivity index (χ0v) is 11.4. The monoisotopic (exact) mass is 274 g/mol. The summed E-state index contributed by atoms with van der Waals surface area (Å²) in [6.07, 6.45) is 3.33. The van der Waals surface area contributed by atoms with E-state index in [4.69, 9.17) is 5.11 Å². The van der Waals surface area contributed by atoms with E-state index in [1.807, 2.05) is 13.0 Å². The predicted molar refractivity (Wildman–Crippen MR) is 74.9 cm³/mol. The van der Waals surface area contributed by atoms with Crippen LogP contribution in [0, 0.1) is 6.92 Å². The molecule has 1 aliphatic carbocycles. The molecule has 1 aliphatic rings. The lowest BCUT2D eigenvalue weighted by molar-refractivity contribution is 0.0697. The summed E-state index contributed by atoms with van der Waals surface area (Å²) in [6, 6.07) is 5.43. The molecule has 20 heavy (non-hydrogen) atoms. The molecular weight excluding hydrogens is 256 g/mol. The van der Waals surface area contributed by atoms with Gasteiger partial charge in [-0.15, -0.1) is 0 Å². The van der Waals surface area contributed by atoms with Gasteiger partial charge in [0, 0.05) is 6.04 Å². The molecule has 1 fully saturated rings. The number of hydrogen-bond donors (Lipinski definition) is 2. The topological polar surface area (TPSA) is 75.3 Å². The smallest absolute Gasteiger partial charge is 0.335 e. The third-order valence-corrected chi connectivity index (χ3v) is 4.14. The molecule has 1 heterocycles. The normalized spacial score (nSPS) is 23.1. The van der Waals surface area contributed by atoms with Crippen LogP contribution < -0.4 is 0 Å². The van der Waals surface area contributed by atoms with Gasteiger partial charge in [0.25, 0.3) is 0 Å². The highest BCUT2D eigenvalue weighted by atomic mass is 16.4. The summed E-state index contributed by atoms with van der Waals surface area (Å²) < 4.78 is 2.19. The highest BCUT2D eigenvalue weighted by Crippen LogP contribution is 2.32. The molecule has 106 valence electrons. The Hall–Kier alpha value is -1.88. The number of aryl methyl sites for hydroxylation is 1. The van der Waals surface area contributed by atoms with Gasteiger partial charge in [-0.05, 0) is 50.8 Å². The lowest BCUT2D eigenvalue weighted by Crippen LogP contribution is -2.21. The molecule has 0 atom stereocenters. The van der Waals surface area contributed by atoms with Gasteiger partial charge in [0.2, 0.25) is 0 Å². The third-order valence-electron chi connectivity index (χ3n) is 4.14. The molecule has 0 aliphatic heterocycles. The number of benzene rings is 1. The molecule has 5 nitrogen and oxygen atoms in total. The fourth-order valence-corrected chi connectivity index (χ4v) is 3.13. The van der Waals surface area contributed by atoms with Crippen LogP contribution in [0.4, 0.5) is 0 Å². The number of nitrogens with zero attached hydrogens (tertiary/aromatic N) is 2. The molecule has 0 spiro atoms. The van der Waals surface area contributed by atoms with Gasteiger partial charge in [-0.2, -0.15) is 0 Å². The van der Waals surface area contributed by atoms with Crippen LogP contribution in [0.3, 0.4) is 0 Å². The van der Waals surface area contributed by atoms with E-state index in [2.05, 4.69) is 9.55 Å².